The Morgan fingerprint density at radius 3 is 0.561 bits per heavy atom. The summed E-state index contributed by atoms with van der Waals surface area (Å²) in [5, 5.41) is 0. The maximum Gasteiger partial charge on any atom is 0.264 e. The first-order valence-electron chi connectivity index (χ1n) is 41.7. The van der Waals surface area contributed by atoms with Crippen LogP contribution in [0.5, 0.6) is 34.5 Å². The number of aromatic nitrogens is 3. The fraction of sp³-hybridized carbons (Fsp3) is 0.741. The van der Waals surface area contributed by atoms with Crippen molar-refractivity contribution in [3.63, 3.8) is 0 Å². The van der Waals surface area contributed by atoms with Gasteiger partial charge in [0.1, 0.15) is 39.6 Å². The summed E-state index contributed by atoms with van der Waals surface area (Å²) in [6, 6.07) is 11.6. The van der Waals surface area contributed by atoms with Crippen LogP contribution in [0.1, 0.15) is 196 Å². The van der Waals surface area contributed by atoms with Crippen LogP contribution in [-0.4, -0.2) is 238 Å². The highest BCUT2D eigenvalue weighted by molar-refractivity contribution is 7.93. The second-order valence-corrected chi connectivity index (χ2v) is 31.8. The van der Waals surface area contributed by atoms with Gasteiger partial charge in [-0.05, 0) is 74.9 Å². The lowest BCUT2D eigenvalue weighted by Gasteiger charge is -2.17. The van der Waals surface area contributed by atoms with E-state index < -0.39 is 47.9 Å². The van der Waals surface area contributed by atoms with Crippen LogP contribution < -0.4 is 42.6 Å². The molecule has 1 aromatic heterocycles. The Labute approximate surface area is 681 Å². The molecule has 0 unspecified atom stereocenters. The van der Waals surface area contributed by atoms with E-state index in [0.29, 0.717) is 119 Å². The second kappa shape index (κ2) is 66.2. The van der Waals surface area contributed by atoms with Crippen LogP contribution in [0, 0.1) is 0 Å². The topological polar surface area (TPSA) is 343 Å². The van der Waals surface area contributed by atoms with Gasteiger partial charge in [-0.2, -0.15) is 15.0 Å². The number of hydrogen-bond donors (Lipinski definition) is 3. The summed E-state index contributed by atoms with van der Waals surface area (Å²) in [7, 11) is -14.4. The monoisotopic (exact) mass is 1670 g/mol. The third-order valence-corrected chi connectivity index (χ3v) is 21.0. The molecule has 0 atom stereocenters. The third-order valence-electron chi connectivity index (χ3n) is 17.0. The lowest BCUT2D eigenvalue weighted by molar-refractivity contribution is 0.0320. The van der Waals surface area contributed by atoms with Crippen molar-refractivity contribution < 1.29 is 111 Å². The van der Waals surface area contributed by atoms with Crippen LogP contribution in [0.25, 0.3) is 0 Å². The van der Waals surface area contributed by atoms with E-state index in [4.69, 9.17) is 85.3 Å². The number of hydrogen-bond acceptors (Lipinski definition) is 27. The van der Waals surface area contributed by atoms with Crippen molar-refractivity contribution >= 4 is 47.9 Å². The van der Waals surface area contributed by atoms with Crippen molar-refractivity contribution in [1.29, 1.82) is 0 Å². The Balaban J connectivity index is 1.71. The minimum absolute atomic E-state index is 0.0156. The van der Waals surface area contributed by atoms with Crippen molar-refractivity contribution in [2.45, 2.75) is 210 Å². The van der Waals surface area contributed by atoms with Crippen LogP contribution in [0.15, 0.2) is 69.3 Å². The minimum atomic E-state index is -4.79. The number of anilines is 3. The summed E-state index contributed by atoms with van der Waals surface area (Å²) in [6.07, 6.45) is 25.9. The SMILES string of the molecule is CCCCCCOCCOCCOc1ccc(S(=O)(=O)Nc2nc(NS(=O)(=O)c3ccc(OCCOCCOCCCCCC)c(OCCOCCOCCCCCC)c3)nc(NS(=O)(=O)c3ccc(OCCOCCOCCCCCC)c(OCCOCCOCCCCCC)c3)n2)cc1OCCOCCOCCCCCC. The van der Waals surface area contributed by atoms with Crippen molar-refractivity contribution in [2.24, 2.45) is 0 Å². The van der Waals surface area contributed by atoms with Gasteiger partial charge in [-0.15, -0.1) is 0 Å². The molecule has 0 fully saturated rings. The zero-order valence-corrected chi connectivity index (χ0v) is 71.7. The molecule has 33 heteroatoms. The first-order valence-corrected chi connectivity index (χ1v) is 46.1. The molecule has 0 aliphatic heterocycles. The normalized spacial score (nSPS) is 11.8. The number of unbranched alkanes of at least 4 members (excludes halogenated alkanes) is 18. The first kappa shape index (κ1) is 101. The maximum atomic E-state index is 14.7. The zero-order chi connectivity index (χ0) is 81.9. The van der Waals surface area contributed by atoms with Gasteiger partial charge in [0.2, 0.25) is 17.8 Å². The molecule has 0 radical (unpaired) electrons. The summed E-state index contributed by atoms with van der Waals surface area (Å²) in [4.78, 5) is 11.4. The molecule has 0 spiro atoms. The molecule has 30 nitrogen and oxygen atoms in total. The Morgan fingerprint density at radius 1 is 0.211 bits per heavy atom. The van der Waals surface area contributed by atoms with E-state index in [2.05, 4.69) is 70.7 Å². The largest absolute Gasteiger partial charge is 0.487 e. The number of rotatable bonds is 81. The predicted octanol–water partition coefficient (Wildman–Crippen LogP) is 14.2. The lowest BCUT2D eigenvalue weighted by Crippen LogP contribution is -2.22. The van der Waals surface area contributed by atoms with Gasteiger partial charge in [-0.1, -0.05) is 157 Å². The standard InChI is InChI=1S/C81H138N6O24S3/c1-7-13-19-25-37-94-43-49-100-55-61-106-73-34-31-70(67-76(73)109-64-58-103-52-46-97-40-28-22-16-10-4)112(88,89)85-79-82-80(86-113(90,91)71-32-35-74(107-62-56-101-50-44-95-38-26-20-14-8-2)77(68-71)110-65-59-104-53-47-98-41-29-23-17-11-5)84-81(83-79)87-114(92,93)72-33-36-75(108-63-57-102-51-45-96-39-27-21-15-9-3)78(69-72)111-66-60-105-54-48-99-42-30-24-18-12-6/h31-36,67-69H,7-30,37-66H2,1-6H3,(H3,82,83,84,85,86,87). The minimum Gasteiger partial charge on any atom is -0.487 e. The molecule has 654 valence electrons. The highest BCUT2D eigenvalue weighted by atomic mass is 32.2. The fourth-order valence-corrected chi connectivity index (χ4v) is 13.6. The molecule has 1 heterocycles. The van der Waals surface area contributed by atoms with Crippen LogP contribution in [0.4, 0.5) is 17.8 Å². The number of nitrogens with zero attached hydrogens (tertiary/aromatic N) is 3. The molecule has 3 N–H and O–H groups in total. The molecule has 0 aliphatic rings. The van der Waals surface area contributed by atoms with Crippen LogP contribution >= 0.6 is 0 Å². The molecular formula is C81H138N6O24S3. The molecule has 0 amide bonds. The Bertz CT molecular complexity index is 3030. The van der Waals surface area contributed by atoms with Gasteiger partial charge >= 0.3 is 0 Å². The van der Waals surface area contributed by atoms with Gasteiger partial charge in [-0.25, -0.2) is 39.4 Å². The predicted molar refractivity (Wildman–Crippen MR) is 439 cm³/mol. The van der Waals surface area contributed by atoms with Gasteiger partial charge in [0.15, 0.2) is 34.5 Å². The second-order valence-electron chi connectivity index (χ2n) is 26.8. The van der Waals surface area contributed by atoms with E-state index in [0.717, 1.165) is 154 Å². The first-order chi connectivity index (χ1) is 55.7. The highest BCUT2D eigenvalue weighted by Crippen LogP contribution is 2.35. The Morgan fingerprint density at radius 2 is 0.377 bits per heavy atom. The summed E-state index contributed by atoms with van der Waals surface area (Å²) in [5.41, 5.74) is 0. The van der Waals surface area contributed by atoms with Crippen LogP contribution in [-0.2, 0) is 86.9 Å². The van der Waals surface area contributed by atoms with Crippen LogP contribution in [0.3, 0.4) is 0 Å². The summed E-state index contributed by atoms with van der Waals surface area (Å²) in [6.45, 7) is 22.0. The van der Waals surface area contributed by atoms with Gasteiger partial charge in [0, 0.05) is 57.8 Å². The number of sulfonamides is 3. The average molecular weight is 1680 g/mol. The quantitative estimate of drug-likeness (QED) is 0.0346. The van der Waals surface area contributed by atoms with Crippen molar-refractivity contribution in [3.05, 3.63) is 54.6 Å². The molecule has 3 aromatic carbocycles. The summed E-state index contributed by atoms with van der Waals surface area (Å²) >= 11 is 0. The van der Waals surface area contributed by atoms with Gasteiger partial charge in [0.25, 0.3) is 30.1 Å². The number of ether oxygens (including phenoxy) is 18. The van der Waals surface area contributed by atoms with Gasteiger partial charge in [0.05, 0.1) is 134 Å². The number of benzene rings is 3. The van der Waals surface area contributed by atoms with Gasteiger partial charge in [-0.3, -0.25) is 0 Å². The van der Waals surface area contributed by atoms with E-state index in [1.807, 2.05) is 0 Å². The third kappa shape index (κ3) is 48.2. The average Bonchev–Trinajstić information content (AvgIpc) is 0.780. The fourth-order valence-electron chi connectivity index (χ4n) is 10.7. The van der Waals surface area contributed by atoms with Crippen LogP contribution in [0.2, 0.25) is 0 Å². The maximum absolute atomic E-state index is 14.7. The number of nitrogens with one attached hydrogen (secondary N) is 3. The van der Waals surface area contributed by atoms with Gasteiger partial charge < -0.3 is 85.3 Å². The molecule has 0 aliphatic carbocycles. The van der Waals surface area contributed by atoms with Crippen molar-refractivity contribution in [2.75, 3.05) is 212 Å². The lowest BCUT2D eigenvalue weighted by atomic mass is 10.2. The summed E-state index contributed by atoms with van der Waals surface area (Å²) < 4.78 is 201. The molecule has 114 heavy (non-hydrogen) atoms. The van der Waals surface area contributed by atoms with E-state index in [9.17, 15) is 25.3 Å². The molecule has 4 aromatic rings. The molecule has 0 saturated heterocycles. The van der Waals surface area contributed by atoms with Crippen molar-refractivity contribution in [3.8, 4) is 34.5 Å². The highest BCUT2D eigenvalue weighted by Gasteiger charge is 2.27. The zero-order valence-electron chi connectivity index (χ0n) is 69.2. The molecule has 0 saturated carbocycles. The Hall–Kier alpha value is -5.76. The van der Waals surface area contributed by atoms with E-state index in [1.54, 1.807) is 0 Å². The van der Waals surface area contributed by atoms with E-state index >= 15 is 0 Å². The molecule has 0 bridgehead atoms. The van der Waals surface area contributed by atoms with E-state index in [-0.39, 0.29) is 128 Å². The summed E-state index contributed by atoms with van der Waals surface area (Å²) in [5.74, 6) is -1.89. The molecule has 4 rings (SSSR count). The Kier molecular flexibility index (Phi) is 58.4. The smallest absolute Gasteiger partial charge is 0.264 e. The van der Waals surface area contributed by atoms with E-state index in [1.165, 1.54) is 54.6 Å². The molecular weight excluding hydrogens is 1540 g/mol. The van der Waals surface area contributed by atoms with Crippen molar-refractivity contribution in [1.82, 2.24) is 15.0 Å².